The van der Waals surface area contributed by atoms with E-state index < -0.39 is 15.1 Å². The summed E-state index contributed by atoms with van der Waals surface area (Å²) in [6, 6.07) is 9.60. The summed E-state index contributed by atoms with van der Waals surface area (Å²) in [5.41, 5.74) is 1.72. The summed E-state index contributed by atoms with van der Waals surface area (Å²) in [5, 5.41) is -0.472. The highest BCUT2D eigenvalue weighted by Crippen LogP contribution is 2.15. The van der Waals surface area contributed by atoms with Crippen molar-refractivity contribution < 1.29 is 8.42 Å². The number of hydrogen-bond acceptors (Lipinski definition) is 2. The summed E-state index contributed by atoms with van der Waals surface area (Å²) in [4.78, 5) is 0. The minimum atomic E-state index is -3.06. The Balaban J connectivity index is 2.92. The van der Waals surface area contributed by atoms with E-state index >= 15 is 0 Å². The Morgan fingerprint density at radius 2 is 1.87 bits per heavy atom. The molecule has 0 N–H and O–H groups in total. The number of benzene rings is 1. The van der Waals surface area contributed by atoms with Crippen molar-refractivity contribution >= 4 is 9.84 Å². The predicted octanol–water partition coefficient (Wildman–Crippen LogP) is 2.22. The molecule has 1 atom stereocenters. The normalized spacial score (nSPS) is 13.5. The highest BCUT2D eigenvalue weighted by atomic mass is 32.2. The van der Waals surface area contributed by atoms with Gasteiger partial charge in [-0.05, 0) is 18.9 Å². The molecule has 1 aromatic rings. The lowest BCUT2D eigenvalue weighted by atomic mass is 10.1. The summed E-state index contributed by atoms with van der Waals surface area (Å²) in [6.45, 7) is 5.50. The van der Waals surface area contributed by atoms with Gasteiger partial charge < -0.3 is 0 Å². The monoisotopic (exact) mass is 224 g/mol. The van der Waals surface area contributed by atoms with E-state index in [0.29, 0.717) is 12.0 Å². The van der Waals surface area contributed by atoms with E-state index in [-0.39, 0.29) is 0 Å². The first-order valence-corrected chi connectivity index (χ1v) is 6.75. The minimum absolute atomic E-state index is 0.472. The van der Waals surface area contributed by atoms with Gasteiger partial charge in [0.1, 0.15) is 0 Å². The van der Waals surface area contributed by atoms with E-state index in [1.165, 1.54) is 6.26 Å². The largest absolute Gasteiger partial charge is 0.228 e. The molecular weight excluding hydrogens is 208 g/mol. The molecule has 0 fully saturated rings. The zero-order valence-electron chi connectivity index (χ0n) is 9.10. The third-order valence-corrected chi connectivity index (χ3v) is 3.93. The maximum absolute atomic E-state index is 11.5. The first-order chi connectivity index (χ1) is 6.91. The molecule has 0 aromatic heterocycles. The van der Waals surface area contributed by atoms with Crippen molar-refractivity contribution in [2.75, 3.05) is 6.26 Å². The van der Waals surface area contributed by atoms with Crippen LogP contribution in [-0.4, -0.2) is 19.9 Å². The molecule has 82 valence electrons. The quantitative estimate of drug-likeness (QED) is 0.735. The molecule has 1 aromatic carbocycles. The fourth-order valence-corrected chi connectivity index (χ4v) is 2.75. The molecule has 0 saturated carbocycles. The Bertz CT molecular complexity index is 432. The lowest BCUT2D eigenvalue weighted by molar-refractivity contribution is 0.591. The average Bonchev–Trinajstić information content (AvgIpc) is 2.13. The first kappa shape index (κ1) is 12.0. The van der Waals surface area contributed by atoms with Gasteiger partial charge in [-0.15, -0.1) is 0 Å². The van der Waals surface area contributed by atoms with E-state index in [1.54, 1.807) is 6.92 Å². The van der Waals surface area contributed by atoms with E-state index in [1.807, 2.05) is 30.3 Å². The van der Waals surface area contributed by atoms with Crippen molar-refractivity contribution in [2.45, 2.75) is 18.6 Å². The van der Waals surface area contributed by atoms with Crippen molar-refractivity contribution in [1.29, 1.82) is 0 Å². The zero-order valence-corrected chi connectivity index (χ0v) is 9.92. The second kappa shape index (κ2) is 4.62. The van der Waals surface area contributed by atoms with Gasteiger partial charge in [0.05, 0.1) is 5.25 Å². The lowest BCUT2D eigenvalue weighted by Crippen LogP contribution is -2.23. The van der Waals surface area contributed by atoms with Crippen LogP contribution in [0.1, 0.15) is 12.5 Å². The van der Waals surface area contributed by atoms with Crippen LogP contribution >= 0.6 is 0 Å². The second-order valence-electron chi connectivity index (χ2n) is 3.85. The highest BCUT2D eigenvalue weighted by Gasteiger charge is 2.21. The van der Waals surface area contributed by atoms with Gasteiger partial charge in [-0.2, -0.15) is 0 Å². The van der Waals surface area contributed by atoms with Crippen LogP contribution in [0.15, 0.2) is 42.5 Å². The minimum Gasteiger partial charge on any atom is -0.228 e. The van der Waals surface area contributed by atoms with Crippen molar-refractivity contribution in [2.24, 2.45) is 0 Å². The zero-order chi connectivity index (χ0) is 11.5. The molecule has 3 heteroatoms. The lowest BCUT2D eigenvalue weighted by Gasteiger charge is -2.14. The van der Waals surface area contributed by atoms with Gasteiger partial charge in [-0.1, -0.05) is 42.5 Å². The van der Waals surface area contributed by atoms with Crippen LogP contribution in [0.4, 0.5) is 0 Å². The Kier molecular flexibility index (Phi) is 3.69. The standard InChI is InChI=1S/C12H16O2S/c1-10(2)12(15(3,13)14)9-11-7-5-4-6-8-11/h4-8,12H,1,9H2,2-3H3. The molecule has 1 unspecified atom stereocenters. The Morgan fingerprint density at radius 3 is 2.27 bits per heavy atom. The fraction of sp³-hybridized carbons (Fsp3) is 0.333. The van der Waals surface area contributed by atoms with Gasteiger partial charge in [0.15, 0.2) is 9.84 Å². The summed E-state index contributed by atoms with van der Waals surface area (Å²) in [5.74, 6) is 0. The van der Waals surface area contributed by atoms with E-state index in [2.05, 4.69) is 6.58 Å². The highest BCUT2D eigenvalue weighted by molar-refractivity contribution is 7.91. The first-order valence-electron chi connectivity index (χ1n) is 4.79. The van der Waals surface area contributed by atoms with Crippen LogP contribution < -0.4 is 0 Å². The molecule has 0 spiro atoms. The van der Waals surface area contributed by atoms with Crippen molar-refractivity contribution in [3.8, 4) is 0 Å². The third-order valence-electron chi connectivity index (χ3n) is 2.33. The van der Waals surface area contributed by atoms with Crippen LogP contribution in [0.3, 0.4) is 0 Å². The number of sulfone groups is 1. The number of rotatable bonds is 4. The summed E-state index contributed by atoms with van der Waals surface area (Å²) in [7, 11) is -3.06. The molecule has 0 aliphatic carbocycles. The fourth-order valence-electron chi connectivity index (χ4n) is 1.52. The average molecular weight is 224 g/mol. The summed E-state index contributed by atoms with van der Waals surface area (Å²) in [6.07, 6.45) is 1.77. The Hall–Kier alpha value is -1.09. The van der Waals surface area contributed by atoms with E-state index in [0.717, 1.165) is 5.56 Å². The topological polar surface area (TPSA) is 34.1 Å². The molecule has 0 amide bonds. The molecule has 0 bridgehead atoms. The molecule has 0 heterocycles. The molecule has 0 radical (unpaired) electrons. The summed E-state index contributed by atoms with van der Waals surface area (Å²) < 4.78 is 23.0. The smallest absolute Gasteiger partial charge is 0.154 e. The van der Waals surface area contributed by atoms with Crippen LogP contribution in [-0.2, 0) is 16.3 Å². The second-order valence-corrected chi connectivity index (χ2v) is 6.08. The maximum atomic E-state index is 11.5. The molecular formula is C12H16O2S. The molecule has 0 aliphatic heterocycles. The SMILES string of the molecule is C=C(C)C(Cc1ccccc1)S(C)(=O)=O. The van der Waals surface area contributed by atoms with Crippen molar-refractivity contribution in [3.05, 3.63) is 48.0 Å². The molecule has 2 nitrogen and oxygen atoms in total. The third kappa shape index (κ3) is 3.51. The van der Waals surface area contributed by atoms with Gasteiger partial charge in [0.2, 0.25) is 0 Å². The molecule has 1 rings (SSSR count). The molecule has 0 saturated heterocycles. The molecule has 15 heavy (non-hydrogen) atoms. The maximum Gasteiger partial charge on any atom is 0.154 e. The van der Waals surface area contributed by atoms with E-state index in [4.69, 9.17) is 0 Å². The van der Waals surface area contributed by atoms with Gasteiger partial charge in [-0.25, -0.2) is 8.42 Å². The Morgan fingerprint density at radius 1 is 1.33 bits per heavy atom. The molecule has 0 aliphatic rings. The van der Waals surface area contributed by atoms with Crippen molar-refractivity contribution in [1.82, 2.24) is 0 Å². The van der Waals surface area contributed by atoms with Gasteiger partial charge in [-0.3, -0.25) is 0 Å². The van der Waals surface area contributed by atoms with Crippen LogP contribution in [0.2, 0.25) is 0 Å². The van der Waals surface area contributed by atoms with Gasteiger partial charge in [0, 0.05) is 6.26 Å². The van der Waals surface area contributed by atoms with Gasteiger partial charge >= 0.3 is 0 Å². The summed E-state index contributed by atoms with van der Waals surface area (Å²) >= 11 is 0. The van der Waals surface area contributed by atoms with Crippen LogP contribution in [0.25, 0.3) is 0 Å². The van der Waals surface area contributed by atoms with Crippen LogP contribution in [0, 0.1) is 0 Å². The van der Waals surface area contributed by atoms with Crippen LogP contribution in [0.5, 0.6) is 0 Å². The Labute approximate surface area is 91.6 Å². The predicted molar refractivity (Wildman–Crippen MR) is 63.6 cm³/mol. The van der Waals surface area contributed by atoms with Gasteiger partial charge in [0.25, 0.3) is 0 Å². The van der Waals surface area contributed by atoms with Crippen molar-refractivity contribution in [3.63, 3.8) is 0 Å². The van der Waals surface area contributed by atoms with E-state index in [9.17, 15) is 8.42 Å². The number of hydrogen-bond donors (Lipinski definition) is 0.